The molecule has 0 atom stereocenters. The van der Waals surface area contributed by atoms with Crippen LogP contribution in [0.5, 0.6) is 0 Å². The van der Waals surface area contributed by atoms with Crippen LogP contribution in [0.1, 0.15) is 51.9 Å². The second kappa shape index (κ2) is 11.7. The van der Waals surface area contributed by atoms with Crippen LogP contribution in [0.25, 0.3) is 22.4 Å². The van der Waals surface area contributed by atoms with Gasteiger partial charge in [0.1, 0.15) is 10.7 Å². The SMILES string of the molecule is CCCCCCCCCSc1cc(-c2ccccc2)c(-c2ccccc2)nn1. The molecular weight excluding hydrogens is 360 g/mol. The first-order valence-corrected chi connectivity index (χ1v) is 11.5. The monoisotopic (exact) mass is 390 g/mol. The van der Waals surface area contributed by atoms with Crippen LogP contribution >= 0.6 is 11.8 Å². The molecule has 28 heavy (non-hydrogen) atoms. The van der Waals surface area contributed by atoms with E-state index < -0.39 is 0 Å². The van der Waals surface area contributed by atoms with Gasteiger partial charge in [-0.15, -0.1) is 22.0 Å². The molecule has 3 heteroatoms. The molecule has 0 saturated heterocycles. The van der Waals surface area contributed by atoms with E-state index in [1.54, 1.807) is 0 Å². The molecule has 0 unspecified atom stereocenters. The third-order valence-electron chi connectivity index (χ3n) is 4.90. The van der Waals surface area contributed by atoms with Crippen LogP contribution in [0, 0.1) is 0 Å². The maximum Gasteiger partial charge on any atom is 0.119 e. The van der Waals surface area contributed by atoms with Crippen LogP contribution in [0.3, 0.4) is 0 Å². The van der Waals surface area contributed by atoms with Crippen LogP contribution in [0.2, 0.25) is 0 Å². The van der Waals surface area contributed by atoms with E-state index in [4.69, 9.17) is 0 Å². The summed E-state index contributed by atoms with van der Waals surface area (Å²) < 4.78 is 0. The van der Waals surface area contributed by atoms with Crippen molar-refractivity contribution in [3.8, 4) is 22.4 Å². The number of hydrogen-bond donors (Lipinski definition) is 0. The highest BCUT2D eigenvalue weighted by Gasteiger charge is 2.11. The molecule has 0 spiro atoms. The zero-order valence-corrected chi connectivity index (χ0v) is 17.6. The molecule has 146 valence electrons. The standard InChI is InChI=1S/C25H30N2S/c1-2-3-4-5-6-7-14-19-28-24-20-23(21-15-10-8-11-16-21)25(27-26-24)22-17-12-9-13-18-22/h8-13,15-18,20H,2-7,14,19H2,1H3. The highest BCUT2D eigenvalue weighted by Crippen LogP contribution is 2.32. The smallest absolute Gasteiger partial charge is 0.119 e. The summed E-state index contributed by atoms with van der Waals surface area (Å²) in [5.41, 5.74) is 4.41. The number of unbranched alkanes of at least 4 members (excludes halogenated alkanes) is 6. The van der Waals surface area contributed by atoms with Gasteiger partial charge in [-0.3, -0.25) is 0 Å². The Morgan fingerprint density at radius 3 is 1.96 bits per heavy atom. The average Bonchev–Trinajstić information content (AvgIpc) is 2.77. The third-order valence-corrected chi connectivity index (χ3v) is 5.89. The molecule has 0 saturated carbocycles. The highest BCUT2D eigenvalue weighted by molar-refractivity contribution is 7.99. The van der Waals surface area contributed by atoms with Gasteiger partial charge in [0.05, 0.1) is 0 Å². The number of thioether (sulfide) groups is 1. The molecule has 0 amide bonds. The Kier molecular flexibility index (Phi) is 8.57. The quantitative estimate of drug-likeness (QED) is 0.248. The van der Waals surface area contributed by atoms with Gasteiger partial charge in [0, 0.05) is 11.1 Å². The molecule has 2 nitrogen and oxygen atoms in total. The zero-order chi connectivity index (χ0) is 19.4. The average molecular weight is 391 g/mol. The third kappa shape index (κ3) is 6.20. The van der Waals surface area contributed by atoms with Gasteiger partial charge in [-0.1, -0.05) is 106 Å². The molecule has 1 heterocycles. The first-order chi connectivity index (χ1) is 13.9. The van der Waals surface area contributed by atoms with Gasteiger partial charge in [0.25, 0.3) is 0 Å². The molecule has 0 bridgehead atoms. The van der Waals surface area contributed by atoms with Gasteiger partial charge in [-0.25, -0.2) is 0 Å². The van der Waals surface area contributed by atoms with Crippen molar-refractivity contribution >= 4 is 11.8 Å². The van der Waals surface area contributed by atoms with Crippen molar-refractivity contribution in [3.63, 3.8) is 0 Å². The molecule has 3 rings (SSSR count). The van der Waals surface area contributed by atoms with Gasteiger partial charge in [-0.05, 0) is 23.8 Å². The molecular formula is C25H30N2S. The van der Waals surface area contributed by atoms with E-state index >= 15 is 0 Å². The van der Waals surface area contributed by atoms with Gasteiger partial charge in [-0.2, -0.15) is 0 Å². The molecule has 0 aliphatic heterocycles. The molecule has 0 radical (unpaired) electrons. The van der Waals surface area contributed by atoms with E-state index in [0.717, 1.165) is 27.6 Å². The molecule has 3 aromatic rings. The summed E-state index contributed by atoms with van der Waals surface area (Å²) >= 11 is 1.83. The van der Waals surface area contributed by atoms with Gasteiger partial charge in [0.2, 0.25) is 0 Å². The number of benzene rings is 2. The lowest BCUT2D eigenvalue weighted by atomic mass is 10.0. The number of nitrogens with zero attached hydrogens (tertiary/aromatic N) is 2. The minimum Gasteiger partial charge on any atom is -0.149 e. The second-order valence-corrected chi connectivity index (χ2v) is 8.26. The summed E-state index contributed by atoms with van der Waals surface area (Å²) in [5, 5.41) is 10.1. The van der Waals surface area contributed by atoms with Crippen LogP contribution in [0.15, 0.2) is 71.8 Å². The summed E-state index contributed by atoms with van der Waals surface area (Å²) in [4.78, 5) is 0. The predicted octanol–water partition coefficient (Wildman–Crippen LogP) is 7.65. The zero-order valence-electron chi connectivity index (χ0n) is 16.8. The van der Waals surface area contributed by atoms with E-state index in [0.29, 0.717) is 0 Å². The summed E-state index contributed by atoms with van der Waals surface area (Å²) in [6.07, 6.45) is 9.38. The van der Waals surface area contributed by atoms with Crippen molar-refractivity contribution in [1.29, 1.82) is 0 Å². The van der Waals surface area contributed by atoms with E-state index in [1.165, 1.54) is 50.5 Å². The largest absolute Gasteiger partial charge is 0.149 e. The molecule has 1 aromatic heterocycles. The van der Waals surface area contributed by atoms with Crippen LogP contribution < -0.4 is 0 Å². The summed E-state index contributed by atoms with van der Waals surface area (Å²) in [5.74, 6) is 1.11. The van der Waals surface area contributed by atoms with E-state index in [9.17, 15) is 0 Å². The first kappa shape index (κ1) is 20.6. The van der Waals surface area contributed by atoms with E-state index in [2.05, 4.69) is 77.8 Å². The minimum atomic E-state index is 0.951. The lowest BCUT2D eigenvalue weighted by molar-refractivity contribution is 0.603. The van der Waals surface area contributed by atoms with Crippen molar-refractivity contribution in [2.75, 3.05) is 5.75 Å². The predicted molar refractivity (Wildman–Crippen MR) is 122 cm³/mol. The summed E-state index contributed by atoms with van der Waals surface area (Å²) in [7, 11) is 0. The van der Waals surface area contributed by atoms with Crippen molar-refractivity contribution in [2.45, 2.75) is 56.9 Å². The van der Waals surface area contributed by atoms with Crippen LogP contribution in [-0.4, -0.2) is 16.0 Å². The normalized spacial score (nSPS) is 10.9. The Balaban J connectivity index is 1.65. The van der Waals surface area contributed by atoms with Gasteiger partial charge in [0.15, 0.2) is 0 Å². The first-order valence-electron chi connectivity index (χ1n) is 10.5. The fourth-order valence-electron chi connectivity index (χ4n) is 3.33. The fourth-order valence-corrected chi connectivity index (χ4v) is 4.18. The Morgan fingerprint density at radius 2 is 1.29 bits per heavy atom. The topological polar surface area (TPSA) is 25.8 Å². The van der Waals surface area contributed by atoms with Gasteiger partial charge < -0.3 is 0 Å². The van der Waals surface area contributed by atoms with Crippen molar-refractivity contribution in [1.82, 2.24) is 10.2 Å². The maximum absolute atomic E-state index is 4.60. The molecule has 0 aliphatic rings. The Labute approximate surface area is 173 Å². The van der Waals surface area contributed by atoms with E-state index in [-0.39, 0.29) is 0 Å². The summed E-state index contributed by atoms with van der Waals surface area (Å²) in [6.45, 7) is 2.27. The Hall–Kier alpha value is -2.13. The fraction of sp³-hybridized carbons (Fsp3) is 0.360. The maximum atomic E-state index is 4.60. The van der Waals surface area contributed by atoms with Crippen molar-refractivity contribution in [3.05, 3.63) is 66.7 Å². The highest BCUT2D eigenvalue weighted by atomic mass is 32.2. The lowest BCUT2D eigenvalue weighted by Crippen LogP contribution is -1.95. The van der Waals surface area contributed by atoms with Crippen molar-refractivity contribution < 1.29 is 0 Å². The van der Waals surface area contributed by atoms with Crippen LogP contribution in [-0.2, 0) is 0 Å². The minimum absolute atomic E-state index is 0.951. The van der Waals surface area contributed by atoms with Gasteiger partial charge >= 0.3 is 0 Å². The second-order valence-electron chi connectivity index (χ2n) is 7.15. The number of aromatic nitrogens is 2. The van der Waals surface area contributed by atoms with E-state index in [1.807, 2.05) is 17.8 Å². The Morgan fingerprint density at radius 1 is 0.679 bits per heavy atom. The number of rotatable bonds is 11. The Bertz CT molecular complexity index is 818. The van der Waals surface area contributed by atoms with Crippen LogP contribution in [0.4, 0.5) is 0 Å². The van der Waals surface area contributed by atoms with Crippen molar-refractivity contribution in [2.24, 2.45) is 0 Å². The number of hydrogen-bond acceptors (Lipinski definition) is 3. The molecule has 2 aromatic carbocycles. The molecule has 0 aliphatic carbocycles. The molecule has 0 fully saturated rings. The lowest BCUT2D eigenvalue weighted by Gasteiger charge is -2.10. The molecule has 0 N–H and O–H groups in total. The summed E-state index contributed by atoms with van der Waals surface area (Å²) in [6, 6.07) is 23.0.